The van der Waals surface area contributed by atoms with E-state index >= 15 is 0 Å². The maximum absolute atomic E-state index is 12.5. The second-order valence-corrected chi connectivity index (χ2v) is 7.33. The highest BCUT2D eigenvalue weighted by molar-refractivity contribution is 6.08. The number of ketones is 1. The lowest BCUT2D eigenvalue weighted by Crippen LogP contribution is -2.01. The molecule has 0 spiro atoms. The van der Waals surface area contributed by atoms with Gasteiger partial charge in [0.25, 0.3) is 0 Å². The van der Waals surface area contributed by atoms with Gasteiger partial charge in [-0.25, -0.2) is 0 Å². The number of hydrogen-bond acceptors (Lipinski definition) is 8. The predicted octanol–water partition coefficient (Wildman–Crippen LogP) is 4.99. The van der Waals surface area contributed by atoms with Crippen LogP contribution in [0.3, 0.4) is 0 Å². The van der Waals surface area contributed by atoms with Gasteiger partial charge in [0.1, 0.15) is 0 Å². The lowest BCUT2D eigenvalue weighted by atomic mass is 10.1. The molecule has 3 aromatic carbocycles. The van der Waals surface area contributed by atoms with Crippen LogP contribution in [0.15, 0.2) is 60.8 Å². The zero-order chi connectivity index (χ0) is 25.4. The predicted molar refractivity (Wildman–Crippen MR) is 138 cm³/mol. The monoisotopic (exact) mass is 476 g/mol. The molecule has 182 valence electrons. The summed E-state index contributed by atoms with van der Waals surface area (Å²) < 4.78 is 21.4. The average Bonchev–Trinajstić information content (AvgIpc) is 2.87. The first-order valence-corrected chi connectivity index (χ1v) is 10.6. The Kier molecular flexibility index (Phi) is 8.24. The van der Waals surface area contributed by atoms with Gasteiger partial charge in [-0.05, 0) is 35.9 Å². The molecular weight excluding hydrogens is 448 g/mol. The van der Waals surface area contributed by atoms with Crippen molar-refractivity contribution < 1.29 is 28.8 Å². The number of rotatable bonds is 10. The van der Waals surface area contributed by atoms with Crippen LogP contribution in [0.2, 0.25) is 0 Å². The minimum absolute atomic E-state index is 0.0280. The molecule has 3 rings (SSSR count). The zero-order valence-corrected chi connectivity index (χ0v) is 20.0. The van der Waals surface area contributed by atoms with E-state index < -0.39 is 0 Å². The number of phenolic OH excluding ortho intramolecular Hbond substituents is 1. The Labute approximate surface area is 204 Å². The van der Waals surface area contributed by atoms with Gasteiger partial charge in [0.15, 0.2) is 28.8 Å². The molecule has 0 fully saturated rings. The Morgan fingerprint density at radius 1 is 0.886 bits per heavy atom. The summed E-state index contributed by atoms with van der Waals surface area (Å²) in [6.07, 6.45) is 6.53. The topological polar surface area (TPSA) is 112 Å². The first kappa shape index (κ1) is 25.0. The van der Waals surface area contributed by atoms with Gasteiger partial charge >= 0.3 is 0 Å². The number of para-hydroxylation sites is 1. The molecular formula is C27H28N2O6. The smallest absolute Gasteiger partial charge is 0.203 e. The van der Waals surface area contributed by atoms with Crippen LogP contribution >= 0.6 is 0 Å². The van der Waals surface area contributed by atoms with Gasteiger partial charge in [0.2, 0.25) is 5.75 Å². The number of allylic oxidation sites excluding steroid dienone is 1. The first-order valence-electron chi connectivity index (χ1n) is 10.6. The maximum Gasteiger partial charge on any atom is 0.203 e. The number of anilines is 2. The van der Waals surface area contributed by atoms with Crippen LogP contribution in [0.4, 0.5) is 11.4 Å². The third-order valence-electron chi connectivity index (χ3n) is 5.19. The zero-order valence-electron chi connectivity index (χ0n) is 20.0. The molecule has 8 nitrogen and oxygen atoms in total. The van der Waals surface area contributed by atoms with E-state index in [9.17, 15) is 9.90 Å². The van der Waals surface area contributed by atoms with Crippen LogP contribution in [0.5, 0.6) is 28.7 Å². The summed E-state index contributed by atoms with van der Waals surface area (Å²) in [6, 6.07) is 13.7. The van der Waals surface area contributed by atoms with E-state index in [4.69, 9.17) is 24.7 Å². The van der Waals surface area contributed by atoms with Gasteiger partial charge in [-0.3, -0.25) is 4.79 Å². The Bertz CT molecular complexity index is 1240. The van der Waals surface area contributed by atoms with Gasteiger partial charge in [-0.1, -0.05) is 24.3 Å². The Morgan fingerprint density at radius 2 is 1.54 bits per heavy atom. The van der Waals surface area contributed by atoms with E-state index in [2.05, 4.69) is 5.32 Å². The van der Waals surface area contributed by atoms with E-state index in [1.54, 1.807) is 75.9 Å². The van der Waals surface area contributed by atoms with E-state index in [0.717, 1.165) is 5.56 Å². The van der Waals surface area contributed by atoms with Crippen LogP contribution in [-0.4, -0.2) is 39.3 Å². The fraction of sp³-hybridized carbons (Fsp3) is 0.148. The van der Waals surface area contributed by atoms with E-state index in [1.165, 1.54) is 19.4 Å². The number of carbonyl (C=O) groups is 1. The first-order chi connectivity index (χ1) is 16.9. The van der Waals surface area contributed by atoms with E-state index in [1.807, 2.05) is 6.08 Å². The van der Waals surface area contributed by atoms with Gasteiger partial charge in [0, 0.05) is 40.8 Å². The van der Waals surface area contributed by atoms with Crippen molar-refractivity contribution in [3.8, 4) is 28.7 Å². The summed E-state index contributed by atoms with van der Waals surface area (Å²) in [5.74, 6) is 1.54. The average molecular weight is 477 g/mol. The molecule has 3 aromatic rings. The normalized spacial score (nSPS) is 11.0. The van der Waals surface area contributed by atoms with Crippen LogP contribution in [0, 0.1) is 0 Å². The molecule has 0 saturated carbocycles. The molecule has 0 atom stereocenters. The van der Waals surface area contributed by atoms with Crippen molar-refractivity contribution in [2.45, 2.75) is 0 Å². The second kappa shape index (κ2) is 11.5. The molecule has 8 heteroatoms. The highest BCUT2D eigenvalue weighted by Gasteiger charge is 2.13. The van der Waals surface area contributed by atoms with Crippen LogP contribution in [-0.2, 0) is 0 Å². The lowest BCUT2D eigenvalue weighted by molar-refractivity contribution is 0.104. The van der Waals surface area contributed by atoms with Crippen molar-refractivity contribution in [3.63, 3.8) is 0 Å². The minimum Gasteiger partial charge on any atom is -0.504 e. The number of hydrogen-bond donors (Lipinski definition) is 3. The van der Waals surface area contributed by atoms with Crippen LogP contribution in [0.25, 0.3) is 12.2 Å². The molecule has 0 heterocycles. The highest BCUT2D eigenvalue weighted by atomic mass is 16.5. The van der Waals surface area contributed by atoms with Crippen LogP contribution < -0.4 is 30.0 Å². The number of ether oxygens (including phenoxy) is 4. The van der Waals surface area contributed by atoms with Crippen LogP contribution in [0.1, 0.15) is 21.5 Å². The fourth-order valence-corrected chi connectivity index (χ4v) is 3.41. The highest BCUT2D eigenvalue weighted by Crippen LogP contribution is 2.39. The van der Waals surface area contributed by atoms with Crippen molar-refractivity contribution in [3.05, 3.63) is 77.5 Å². The summed E-state index contributed by atoms with van der Waals surface area (Å²) in [7, 11) is 6.09. The van der Waals surface area contributed by atoms with Crippen molar-refractivity contribution in [1.82, 2.24) is 0 Å². The number of phenols is 1. The molecule has 0 bridgehead atoms. The quantitative estimate of drug-likeness (QED) is 0.123. The van der Waals surface area contributed by atoms with Crippen molar-refractivity contribution >= 4 is 29.3 Å². The number of benzene rings is 3. The fourth-order valence-electron chi connectivity index (χ4n) is 3.41. The minimum atomic E-state index is -0.240. The molecule has 0 aliphatic rings. The van der Waals surface area contributed by atoms with Crippen molar-refractivity contribution in [1.29, 1.82) is 0 Å². The third kappa shape index (κ3) is 5.86. The number of nitrogen functional groups attached to an aromatic ring is 1. The number of methoxy groups -OCH3 is 4. The molecule has 4 N–H and O–H groups in total. The lowest BCUT2D eigenvalue weighted by Gasteiger charge is -2.13. The molecule has 0 aromatic heterocycles. The second-order valence-electron chi connectivity index (χ2n) is 7.33. The Morgan fingerprint density at radius 3 is 2.14 bits per heavy atom. The SMILES string of the molecule is COc1cc(NC=CC(=O)c2ccccc2N)c(C=Cc2cc(OC)c(OC)c(OC)c2)cc1O. The molecule has 0 radical (unpaired) electrons. The van der Waals surface area contributed by atoms with Crippen molar-refractivity contribution in [2.24, 2.45) is 0 Å². The molecule has 0 saturated heterocycles. The summed E-state index contributed by atoms with van der Waals surface area (Å²) in [5.41, 5.74) is 8.74. The summed E-state index contributed by atoms with van der Waals surface area (Å²) in [4.78, 5) is 12.5. The molecule has 0 amide bonds. The largest absolute Gasteiger partial charge is 0.504 e. The van der Waals surface area contributed by atoms with Gasteiger partial charge in [0.05, 0.1) is 28.4 Å². The van der Waals surface area contributed by atoms with Gasteiger partial charge < -0.3 is 35.1 Å². The summed E-state index contributed by atoms with van der Waals surface area (Å²) in [6.45, 7) is 0. The maximum atomic E-state index is 12.5. The molecule has 0 aliphatic carbocycles. The summed E-state index contributed by atoms with van der Waals surface area (Å²) in [5, 5.41) is 13.4. The Balaban J connectivity index is 1.92. The molecule has 0 unspecified atom stereocenters. The van der Waals surface area contributed by atoms with Gasteiger partial charge in [-0.15, -0.1) is 0 Å². The number of aromatic hydroxyl groups is 1. The van der Waals surface area contributed by atoms with E-state index in [-0.39, 0.29) is 17.3 Å². The van der Waals surface area contributed by atoms with E-state index in [0.29, 0.717) is 39.8 Å². The number of nitrogens with one attached hydrogen (secondary N) is 1. The van der Waals surface area contributed by atoms with Crippen molar-refractivity contribution in [2.75, 3.05) is 39.5 Å². The Hall–Kier alpha value is -4.59. The number of nitrogens with two attached hydrogens (primary N) is 1. The number of carbonyl (C=O) groups excluding carboxylic acids is 1. The summed E-state index contributed by atoms with van der Waals surface area (Å²) >= 11 is 0. The van der Waals surface area contributed by atoms with Gasteiger partial charge in [-0.2, -0.15) is 0 Å². The molecule has 0 aliphatic heterocycles. The third-order valence-corrected chi connectivity index (χ3v) is 5.19. The molecule has 35 heavy (non-hydrogen) atoms. The standard InChI is InChI=1S/C27H28N2O6/c1-32-24-16-21(29-12-11-22(30)19-7-5-6-8-20(19)28)18(15-23(24)31)10-9-17-13-25(33-2)27(35-4)26(14-17)34-3/h5-16,29,31H,28H2,1-4H3.